The minimum Gasteiger partial charge on any atom is -0.494 e. The van der Waals surface area contributed by atoms with Crippen molar-refractivity contribution in [3.8, 4) is 45.5 Å². The SMILES string of the molecule is CCCCCCOc1ccc(-c2ccc(-c3noc(-c4ccc(OCCCC)cc4)n3)cc2)cc1. The number of rotatable bonds is 13. The van der Waals surface area contributed by atoms with E-state index in [9.17, 15) is 0 Å². The van der Waals surface area contributed by atoms with E-state index in [-0.39, 0.29) is 0 Å². The molecule has 1 heterocycles. The highest BCUT2D eigenvalue weighted by atomic mass is 16.5. The molecular formula is C30H34N2O3. The number of hydrogen-bond donors (Lipinski definition) is 0. The maximum absolute atomic E-state index is 5.85. The number of aromatic nitrogens is 2. The molecule has 0 radical (unpaired) electrons. The van der Waals surface area contributed by atoms with Crippen LogP contribution in [0.1, 0.15) is 52.4 Å². The molecule has 0 saturated heterocycles. The lowest BCUT2D eigenvalue weighted by Gasteiger charge is -2.07. The second-order valence-electron chi connectivity index (χ2n) is 8.66. The normalized spacial score (nSPS) is 10.9. The predicted octanol–water partition coefficient (Wildman–Crippen LogP) is 8.21. The summed E-state index contributed by atoms with van der Waals surface area (Å²) in [5.41, 5.74) is 4.06. The summed E-state index contributed by atoms with van der Waals surface area (Å²) in [5, 5.41) is 4.17. The van der Waals surface area contributed by atoms with E-state index in [0.29, 0.717) is 11.7 Å². The van der Waals surface area contributed by atoms with E-state index in [2.05, 4.69) is 48.3 Å². The molecule has 0 atom stereocenters. The van der Waals surface area contributed by atoms with Crippen molar-refractivity contribution < 1.29 is 14.0 Å². The van der Waals surface area contributed by atoms with Crippen LogP contribution in [0.5, 0.6) is 11.5 Å². The van der Waals surface area contributed by atoms with E-state index >= 15 is 0 Å². The Morgan fingerprint density at radius 1 is 0.571 bits per heavy atom. The van der Waals surface area contributed by atoms with Gasteiger partial charge in [0.25, 0.3) is 5.89 Å². The molecule has 35 heavy (non-hydrogen) atoms. The van der Waals surface area contributed by atoms with Gasteiger partial charge < -0.3 is 14.0 Å². The van der Waals surface area contributed by atoms with E-state index < -0.39 is 0 Å². The Morgan fingerprint density at radius 2 is 1.09 bits per heavy atom. The second-order valence-corrected chi connectivity index (χ2v) is 8.66. The van der Waals surface area contributed by atoms with Crippen LogP contribution < -0.4 is 9.47 Å². The van der Waals surface area contributed by atoms with Gasteiger partial charge in [-0.3, -0.25) is 0 Å². The topological polar surface area (TPSA) is 57.4 Å². The molecule has 1 aromatic heterocycles. The van der Waals surface area contributed by atoms with Crippen LogP contribution in [-0.4, -0.2) is 23.4 Å². The van der Waals surface area contributed by atoms with Crippen LogP contribution >= 0.6 is 0 Å². The van der Waals surface area contributed by atoms with Gasteiger partial charge in [-0.05, 0) is 60.4 Å². The quantitative estimate of drug-likeness (QED) is 0.184. The minimum absolute atomic E-state index is 0.495. The highest BCUT2D eigenvalue weighted by molar-refractivity contribution is 5.68. The Hall–Kier alpha value is -3.60. The van der Waals surface area contributed by atoms with Crippen molar-refractivity contribution in [3.63, 3.8) is 0 Å². The maximum atomic E-state index is 5.85. The molecule has 0 fully saturated rings. The highest BCUT2D eigenvalue weighted by Crippen LogP contribution is 2.27. The molecule has 0 aliphatic heterocycles. The lowest BCUT2D eigenvalue weighted by atomic mass is 10.0. The van der Waals surface area contributed by atoms with Crippen LogP contribution in [0.25, 0.3) is 34.0 Å². The highest BCUT2D eigenvalue weighted by Gasteiger charge is 2.11. The van der Waals surface area contributed by atoms with Crippen LogP contribution in [0.2, 0.25) is 0 Å². The van der Waals surface area contributed by atoms with Crippen LogP contribution in [0, 0.1) is 0 Å². The van der Waals surface area contributed by atoms with Crippen LogP contribution in [0.3, 0.4) is 0 Å². The molecule has 5 heteroatoms. The molecule has 0 unspecified atom stereocenters. The lowest BCUT2D eigenvalue weighted by Crippen LogP contribution is -1.96. The van der Waals surface area contributed by atoms with Crippen molar-refractivity contribution in [1.82, 2.24) is 10.1 Å². The van der Waals surface area contributed by atoms with E-state index in [0.717, 1.165) is 66.2 Å². The van der Waals surface area contributed by atoms with Gasteiger partial charge in [0.05, 0.1) is 13.2 Å². The Balaban J connectivity index is 1.35. The predicted molar refractivity (Wildman–Crippen MR) is 141 cm³/mol. The summed E-state index contributed by atoms with van der Waals surface area (Å²) in [6.45, 7) is 5.87. The fourth-order valence-electron chi connectivity index (χ4n) is 3.76. The summed E-state index contributed by atoms with van der Waals surface area (Å²) >= 11 is 0. The van der Waals surface area contributed by atoms with Crippen molar-refractivity contribution in [2.75, 3.05) is 13.2 Å². The molecule has 182 valence electrons. The average Bonchev–Trinajstić information content (AvgIpc) is 3.40. The molecular weight excluding hydrogens is 436 g/mol. The van der Waals surface area contributed by atoms with Crippen molar-refractivity contribution in [2.45, 2.75) is 52.4 Å². The molecule has 3 aromatic carbocycles. The van der Waals surface area contributed by atoms with E-state index in [1.807, 2.05) is 48.5 Å². The minimum atomic E-state index is 0.495. The Labute approximate surface area is 208 Å². The number of benzene rings is 3. The number of nitrogens with zero attached hydrogens (tertiary/aromatic N) is 2. The molecule has 4 rings (SSSR count). The third-order valence-electron chi connectivity index (χ3n) is 5.89. The van der Waals surface area contributed by atoms with Crippen molar-refractivity contribution >= 4 is 0 Å². The van der Waals surface area contributed by atoms with Gasteiger partial charge in [0, 0.05) is 11.1 Å². The zero-order valence-electron chi connectivity index (χ0n) is 20.7. The summed E-state index contributed by atoms with van der Waals surface area (Å²) in [5.74, 6) is 2.84. The summed E-state index contributed by atoms with van der Waals surface area (Å²) in [6, 6.07) is 24.2. The first-order valence-corrected chi connectivity index (χ1v) is 12.7. The summed E-state index contributed by atoms with van der Waals surface area (Å²) in [7, 11) is 0. The molecule has 4 aromatic rings. The first-order valence-electron chi connectivity index (χ1n) is 12.7. The number of ether oxygens (including phenoxy) is 2. The molecule has 0 N–H and O–H groups in total. The Kier molecular flexibility index (Phi) is 8.93. The maximum Gasteiger partial charge on any atom is 0.258 e. The zero-order chi connectivity index (χ0) is 24.3. The smallest absolute Gasteiger partial charge is 0.258 e. The fourth-order valence-corrected chi connectivity index (χ4v) is 3.76. The van der Waals surface area contributed by atoms with E-state index in [4.69, 9.17) is 14.0 Å². The van der Waals surface area contributed by atoms with Crippen molar-refractivity contribution in [2.24, 2.45) is 0 Å². The second kappa shape index (κ2) is 12.7. The summed E-state index contributed by atoms with van der Waals surface area (Å²) in [6.07, 6.45) is 7.00. The van der Waals surface area contributed by atoms with Gasteiger partial charge in [0.15, 0.2) is 0 Å². The molecule has 0 saturated carbocycles. The standard InChI is InChI=1S/C30H34N2O3/c1-3-5-7-8-22-34-27-17-13-24(14-18-27)23-9-11-25(12-10-23)29-31-30(35-32-29)26-15-19-28(20-16-26)33-21-6-4-2/h9-20H,3-8,21-22H2,1-2H3. The average molecular weight is 471 g/mol. The Bertz CT molecular complexity index is 1150. The first-order chi connectivity index (χ1) is 17.3. The van der Waals surface area contributed by atoms with Gasteiger partial charge in [-0.25, -0.2) is 0 Å². The van der Waals surface area contributed by atoms with Gasteiger partial charge in [0.2, 0.25) is 5.82 Å². The van der Waals surface area contributed by atoms with E-state index in [1.165, 1.54) is 19.3 Å². The molecule has 0 aliphatic carbocycles. The monoisotopic (exact) mass is 470 g/mol. The van der Waals surface area contributed by atoms with Gasteiger partial charge in [-0.1, -0.05) is 81.1 Å². The summed E-state index contributed by atoms with van der Waals surface area (Å²) in [4.78, 5) is 4.58. The van der Waals surface area contributed by atoms with E-state index in [1.54, 1.807) is 0 Å². The third-order valence-corrected chi connectivity index (χ3v) is 5.89. The largest absolute Gasteiger partial charge is 0.494 e. The Morgan fingerprint density at radius 3 is 1.69 bits per heavy atom. The van der Waals surface area contributed by atoms with Gasteiger partial charge in [-0.15, -0.1) is 0 Å². The van der Waals surface area contributed by atoms with Crippen molar-refractivity contribution in [3.05, 3.63) is 72.8 Å². The van der Waals surface area contributed by atoms with Crippen LogP contribution in [0.15, 0.2) is 77.3 Å². The van der Waals surface area contributed by atoms with Crippen LogP contribution in [-0.2, 0) is 0 Å². The van der Waals surface area contributed by atoms with Crippen LogP contribution in [0.4, 0.5) is 0 Å². The van der Waals surface area contributed by atoms with Crippen molar-refractivity contribution in [1.29, 1.82) is 0 Å². The lowest BCUT2D eigenvalue weighted by molar-refractivity contribution is 0.305. The molecule has 5 nitrogen and oxygen atoms in total. The third kappa shape index (κ3) is 6.95. The van der Waals surface area contributed by atoms with Gasteiger partial charge >= 0.3 is 0 Å². The number of hydrogen-bond acceptors (Lipinski definition) is 5. The van der Waals surface area contributed by atoms with Gasteiger partial charge in [0.1, 0.15) is 11.5 Å². The fraction of sp³-hybridized carbons (Fsp3) is 0.333. The van der Waals surface area contributed by atoms with Gasteiger partial charge in [-0.2, -0.15) is 4.98 Å². The number of unbranched alkanes of at least 4 members (excludes halogenated alkanes) is 4. The zero-order valence-corrected chi connectivity index (χ0v) is 20.7. The first kappa shape index (κ1) is 24.5. The molecule has 0 aliphatic rings. The summed E-state index contributed by atoms with van der Waals surface area (Å²) < 4.78 is 17.1. The molecule has 0 spiro atoms. The molecule has 0 amide bonds. The molecule has 0 bridgehead atoms.